The molecule has 0 unspecified atom stereocenters. The molecule has 204 valence electrons. The molecule has 0 radical (unpaired) electrons. The first-order valence-corrected chi connectivity index (χ1v) is 13.1. The van der Waals surface area contributed by atoms with Crippen LogP contribution in [-0.4, -0.2) is 36.9 Å². The Morgan fingerprint density at radius 1 is 0.700 bits per heavy atom. The molecule has 0 aliphatic carbocycles. The van der Waals surface area contributed by atoms with Gasteiger partial charge in [-0.15, -0.1) is 0 Å². The number of hydrogen-bond donors (Lipinski definition) is 5. The number of rotatable bonds is 11. The van der Waals surface area contributed by atoms with E-state index in [9.17, 15) is 14.4 Å². The van der Waals surface area contributed by atoms with Gasteiger partial charge in [-0.1, -0.05) is 91.0 Å². The van der Waals surface area contributed by atoms with E-state index >= 15 is 0 Å². The van der Waals surface area contributed by atoms with Crippen LogP contribution in [0.15, 0.2) is 109 Å². The zero-order valence-electron chi connectivity index (χ0n) is 22.0. The van der Waals surface area contributed by atoms with Crippen LogP contribution in [0, 0.1) is 0 Å². The lowest BCUT2D eigenvalue weighted by molar-refractivity contribution is -0.117. The molecule has 0 aliphatic heterocycles. The first kappa shape index (κ1) is 28.2. The summed E-state index contributed by atoms with van der Waals surface area (Å²) in [5.74, 6) is -1.26. The largest absolute Gasteiger partial charge is 0.351 e. The van der Waals surface area contributed by atoms with E-state index in [1.165, 1.54) is 0 Å². The van der Waals surface area contributed by atoms with Crippen molar-refractivity contribution in [2.75, 3.05) is 23.7 Å². The average Bonchev–Trinajstić information content (AvgIpc) is 2.98. The molecule has 40 heavy (non-hydrogen) atoms. The molecule has 0 fully saturated rings. The molecule has 4 aromatic rings. The van der Waals surface area contributed by atoms with Gasteiger partial charge >= 0.3 is 0 Å². The Morgan fingerprint density at radius 2 is 1.23 bits per heavy atom. The SMILES string of the molecule is NCC(=O)Nc1cc(NC(=O)[C@@H](N)Cc2ccccc2)cc(C(=O)NCC(c2ccccc2)c2ccccc2)c1. The molecule has 0 heterocycles. The van der Waals surface area contributed by atoms with E-state index in [0.29, 0.717) is 24.3 Å². The quantitative estimate of drug-likeness (QED) is 0.199. The van der Waals surface area contributed by atoms with E-state index in [4.69, 9.17) is 11.5 Å². The number of carbonyl (C=O) groups is 3. The van der Waals surface area contributed by atoms with Gasteiger partial charge in [0.2, 0.25) is 11.8 Å². The van der Waals surface area contributed by atoms with Crippen LogP contribution in [0.1, 0.15) is 33.0 Å². The van der Waals surface area contributed by atoms with Gasteiger partial charge in [-0.2, -0.15) is 0 Å². The number of benzene rings is 4. The molecule has 1 atom stereocenters. The summed E-state index contributed by atoms with van der Waals surface area (Å²) >= 11 is 0. The summed E-state index contributed by atoms with van der Waals surface area (Å²) in [6.45, 7) is 0.117. The van der Waals surface area contributed by atoms with Gasteiger partial charge in [-0.25, -0.2) is 0 Å². The van der Waals surface area contributed by atoms with E-state index < -0.39 is 17.9 Å². The molecule has 4 rings (SSSR count). The maximum absolute atomic E-state index is 13.3. The van der Waals surface area contributed by atoms with Crippen molar-refractivity contribution in [1.29, 1.82) is 0 Å². The fourth-order valence-corrected chi connectivity index (χ4v) is 4.41. The summed E-state index contributed by atoms with van der Waals surface area (Å²) in [7, 11) is 0. The van der Waals surface area contributed by atoms with Crippen LogP contribution in [0.2, 0.25) is 0 Å². The zero-order valence-corrected chi connectivity index (χ0v) is 22.0. The minimum absolute atomic E-state index is 0.0679. The Hall–Kier alpha value is -4.79. The summed E-state index contributed by atoms with van der Waals surface area (Å²) in [6.07, 6.45) is 0.351. The number of anilines is 2. The van der Waals surface area contributed by atoms with Gasteiger partial charge in [0, 0.05) is 29.4 Å². The number of nitrogens with one attached hydrogen (secondary N) is 3. The summed E-state index contributed by atoms with van der Waals surface area (Å²) in [6, 6.07) is 33.2. The van der Waals surface area contributed by atoms with Crippen LogP contribution in [0.25, 0.3) is 0 Å². The van der Waals surface area contributed by atoms with Crippen LogP contribution in [0.4, 0.5) is 11.4 Å². The van der Waals surface area contributed by atoms with Crippen molar-refractivity contribution in [3.63, 3.8) is 0 Å². The summed E-state index contributed by atoms with van der Waals surface area (Å²) in [4.78, 5) is 38.2. The van der Waals surface area contributed by atoms with Crippen molar-refractivity contribution < 1.29 is 14.4 Å². The van der Waals surface area contributed by atoms with E-state index in [2.05, 4.69) is 16.0 Å². The van der Waals surface area contributed by atoms with Crippen molar-refractivity contribution in [2.45, 2.75) is 18.4 Å². The van der Waals surface area contributed by atoms with Gasteiger partial charge in [0.1, 0.15) is 0 Å². The topological polar surface area (TPSA) is 139 Å². The molecule has 7 N–H and O–H groups in total. The smallest absolute Gasteiger partial charge is 0.251 e. The summed E-state index contributed by atoms with van der Waals surface area (Å²) in [5, 5.41) is 8.45. The highest BCUT2D eigenvalue weighted by Crippen LogP contribution is 2.25. The molecule has 0 aliphatic rings. The first-order valence-electron chi connectivity index (χ1n) is 13.1. The second kappa shape index (κ2) is 13.8. The maximum atomic E-state index is 13.3. The van der Waals surface area contributed by atoms with Crippen molar-refractivity contribution in [3.8, 4) is 0 Å². The molecule has 0 spiro atoms. The van der Waals surface area contributed by atoms with Gasteiger partial charge in [0.15, 0.2) is 0 Å². The fraction of sp³-hybridized carbons (Fsp3) is 0.156. The Morgan fingerprint density at radius 3 is 1.77 bits per heavy atom. The molecular weight excluding hydrogens is 502 g/mol. The molecule has 0 aromatic heterocycles. The van der Waals surface area contributed by atoms with Crippen LogP contribution in [0.5, 0.6) is 0 Å². The predicted octanol–water partition coefficient (Wildman–Crippen LogP) is 3.65. The number of amides is 3. The lowest BCUT2D eigenvalue weighted by Gasteiger charge is -2.19. The molecule has 4 aromatic carbocycles. The predicted molar refractivity (Wildman–Crippen MR) is 158 cm³/mol. The van der Waals surface area contributed by atoms with Crippen molar-refractivity contribution >= 4 is 29.1 Å². The highest BCUT2D eigenvalue weighted by Gasteiger charge is 2.19. The first-order chi connectivity index (χ1) is 19.4. The summed E-state index contributed by atoms with van der Waals surface area (Å²) in [5.41, 5.74) is 15.6. The Bertz CT molecular complexity index is 1390. The van der Waals surface area contributed by atoms with Gasteiger partial charge in [-0.3, -0.25) is 14.4 Å². The fourth-order valence-electron chi connectivity index (χ4n) is 4.41. The third-order valence-corrected chi connectivity index (χ3v) is 6.44. The molecule has 0 saturated heterocycles. The minimum atomic E-state index is -0.806. The normalized spacial score (nSPS) is 11.5. The van der Waals surface area contributed by atoms with E-state index in [0.717, 1.165) is 16.7 Å². The molecule has 0 bridgehead atoms. The monoisotopic (exact) mass is 535 g/mol. The Balaban J connectivity index is 1.53. The second-order valence-electron chi connectivity index (χ2n) is 9.42. The standard InChI is InChI=1S/C32H33N5O3/c33-20-30(38)36-26-17-25(18-27(19-26)37-32(40)29(34)16-22-10-4-1-5-11-22)31(39)35-21-28(23-12-6-2-7-13-23)24-14-8-3-9-15-24/h1-15,17-19,28-29H,16,20-21,33-34H2,(H,35,39)(H,36,38)(H,37,40)/t29-/m0/s1. The van der Waals surface area contributed by atoms with Gasteiger partial charge in [0.05, 0.1) is 12.6 Å². The third kappa shape index (κ3) is 7.86. The highest BCUT2D eigenvalue weighted by atomic mass is 16.2. The van der Waals surface area contributed by atoms with Crippen molar-refractivity contribution in [3.05, 3.63) is 131 Å². The second-order valence-corrected chi connectivity index (χ2v) is 9.42. The highest BCUT2D eigenvalue weighted by molar-refractivity contribution is 6.01. The number of carbonyl (C=O) groups excluding carboxylic acids is 3. The molecule has 3 amide bonds. The van der Waals surface area contributed by atoms with Crippen molar-refractivity contribution in [2.24, 2.45) is 11.5 Å². The molecular formula is C32H33N5O3. The van der Waals surface area contributed by atoms with Crippen molar-refractivity contribution in [1.82, 2.24) is 5.32 Å². The lowest BCUT2D eigenvalue weighted by Crippen LogP contribution is -2.37. The van der Waals surface area contributed by atoms with Crippen LogP contribution >= 0.6 is 0 Å². The maximum Gasteiger partial charge on any atom is 0.251 e. The summed E-state index contributed by atoms with van der Waals surface area (Å²) < 4.78 is 0. The molecule has 0 saturated carbocycles. The zero-order chi connectivity index (χ0) is 28.3. The van der Waals surface area contributed by atoms with Crippen LogP contribution in [-0.2, 0) is 16.0 Å². The van der Waals surface area contributed by atoms with Gasteiger partial charge < -0.3 is 27.4 Å². The molecule has 8 heteroatoms. The number of nitrogens with two attached hydrogens (primary N) is 2. The van der Waals surface area contributed by atoms with Crippen LogP contribution < -0.4 is 27.4 Å². The third-order valence-electron chi connectivity index (χ3n) is 6.44. The Kier molecular flexibility index (Phi) is 9.77. The molecule has 8 nitrogen and oxygen atoms in total. The average molecular weight is 536 g/mol. The van der Waals surface area contributed by atoms with E-state index in [1.54, 1.807) is 18.2 Å². The van der Waals surface area contributed by atoms with Gasteiger partial charge in [-0.05, 0) is 41.3 Å². The van der Waals surface area contributed by atoms with Gasteiger partial charge in [0.25, 0.3) is 5.91 Å². The lowest BCUT2D eigenvalue weighted by atomic mass is 9.91. The minimum Gasteiger partial charge on any atom is -0.351 e. The number of hydrogen-bond acceptors (Lipinski definition) is 5. The van der Waals surface area contributed by atoms with E-state index in [-0.39, 0.29) is 23.9 Å². The Labute approximate surface area is 233 Å². The van der Waals surface area contributed by atoms with Crippen LogP contribution in [0.3, 0.4) is 0 Å². The van der Waals surface area contributed by atoms with E-state index in [1.807, 2.05) is 91.0 Å².